The third-order valence-electron chi connectivity index (χ3n) is 7.28. The van der Waals surface area contributed by atoms with Crippen LogP contribution in [0.4, 0.5) is 0 Å². The highest BCUT2D eigenvalue weighted by Gasteiger charge is 2.54. The predicted octanol–water partition coefficient (Wildman–Crippen LogP) is 5.25. The predicted molar refractivity (Wildman–Crippen MR) is 86.0 cm³/mol. The lowest BCUT2D eigenvalue weighted by atomic mass is 9.52. The van der Waals surface area contributed by atoms with Gasteiger partial charge in [-0.3, -0.25) is 4.79 Å². The van der Waals surface area contributed by atoms with Crippen LogP contribution >= 0.6 is 11.6 Å². The van der Waals surface area contributed by atoms with Crippen molar-refractivity contribution in [2.45, 2.75) is 58.3 Å². The van der Waals surface area contributed by atoms with E-state index in [4.69, 9.17) is 11.6 Å². The molecule has 4 rings (SSSR count). The summed E-state index contributed by atoms with van der Waals surface area (Å²) in [4.78, 5) is 11.7. The Morgan fingerprint density at radius 2 is 2.00 bits per heavy atom. The Labute approximate surface area is 132 Å². The standard InChI is InChI=1S/C19H25ClO/c1-19-9-8-16-15-6-4-14(21)10-12(15)2-5-17(16)18(19)7-3-13(19)11-20/h10-11,15-18H,2-9H2,1H3/b13-11+/t15-,16+,17+,18-,19+/m0/s1. The first-order chi connectivity index (χ1) is 10.1. The van der Waals surface area contributed by atoms with Gasteiger partial charge in [-0.15, -0.1) is 0 Å². The summed E-state index contributed by atoms with van der Waals surface area (Å²) in [7, 11) is 0. The van der Waals surface area contributed by atoms with Gasteiger partial charge in [0, 0.05) is 12.0 Å². The first kappa shape index (κ1) is 14.1. The lowest BCUT2D eigenvalue weighted by Gasteiger charge is -2.53. The number of carbonyl (C=O) groups excluding carboxylic acids is 1. The molecule has 4 aliphatic carbocycles. The zero-order valence-corrected chi connectivity index (χ0v) is 13.7. The summed E-state index contributed by atoms with van der Waals surface area (Å²) in [5.41, 5.74) is 5.25. The molecule has 0 unspecified atom stereocenters. The van der Waals surface area contributed by atoms with Gasteiger partial charge in [0.2, 0.25) is 0 Å². The second-order valence-electron chi connectivity index (χ2n) is 7.93. The molecule has 114 valence electrons. The largest absolute Gasteiger partial charge is 0.295 e. The second kappa shape index (κ2) is 4.98. The molecule has 4 aliphatic rings. The Bertz CT molecular complexity index is 532. The van der Waals surface area contributed by atoms with Crippen molar-refractivity contribution in [3.05, 3.63) is 22.8 Å². The van der Waals surface area contributed by atoms with E-state index in [0.29, 0.717) is 11.2 Å². The average Bonchev–Trinajstić information content (AvgIpc) is 2.83. The van der Waals surface area contributed by atoms with E-state index in [-0.39, 0.29) is 0 Å². The first-order valence-electron chi connectivity index (χ1n) is 8.66. The molecule has 0 aromatic heterocycles. The van der Waals surface area contributed by atoms with Gasteiger partial charge >= 0.3 is 0 Å². The van der Waals surface area contributed by atoms with Crippen LogP contribution in [-0.2, 0) is 4.79 Å². The summed E-state index contributed by atoms with van der Waals surface area (Å²) in [5.74, 6) is 3.63. The SMILES string of the molecule is C[C@]12CC[C@H]3[C@@H](CCC4=CC(=O)CC[C@@H]43)[C@@H]1CC/C2=C\Cl. The molecule has 0 aromatic rings. The fourth-order valence-corrected chi connectivity index (χ4v) is 6.57. The van der Waals surface area contributed by atoms with Crippen molar-refractivity contribution in [2.75, 3.05) is 0 Å². The number of hydrogen-bond donors (Lipinski definition) is 0. The summed E-state index contributed by atoms with van der Waals surface area (Å²) in [5, 5.41) is 0. The second-order valence-corrected chi connectivity index (χ2v) is 8.15. The highest BCUT2D eigenvalue weighted by atomic mass is 35.5. The molecule has 3 saturated carbocycles. The van der Waals surface area contributed by atoms with E-state index in [9.17, 15) is 4.79 Å². The quantitative estimate of drug-likeness (QED) is 0.597. The molecular weight excluding hydrogens is 280 g/mol. The van der Waals surface area contributed by atoms with E-state index >= 15 is 0 Å². The zero-order valence-electron chi connectivity index (χ0n) is 12.9. The minimum Gasteiger partial charge on any atom is -0.295 e. The third kappa shape index (κ3) is 2.00. The fourth-order valence-electron chi connectivity index (χ4n) is 6.21. The molecule has 0 spiro atoms. The molecule has 0 amide bonds. The van der Waals surface area contributed by atoms with Gasteiger partial charge in [0.1, 0.15) is 0 Å². The summed E-state index contributed by atoms with van der Waals surface area (Å²) in [6, 6.07) is 0. The van der Waals surface area contributed by atoms with Crippen LogP contribution in [0.1, 0.15) is 58.3 Å². The van der Waals surface area contributed by atoms with Crippen molar-refractivity contribution in [1.82, 2.24) is 0 Å². The van der Waals surface area contributed by atoms with Gasteiger partial charge < -0.3 is 0 Å². The minimum atomic E-state index is 0.369. The number of fused-ring (bicyclic) bond motifs is 5. The maximum Gasteiger partial charge on any atom is 0.155 e. The first-order valence-corrected chi connectivity index (χ1v) is 9.10. The van der Waals surface area contributed by atoms with Crippen molar-refractivity contribution in [3.63, 3.8) is 0 Å². The highest BCUT2D eigenvalue weighted by Crippen LogP contribution is 2.63. The van der Waals surface area contributed by atoms with Crippen molar-refractivity contribution >= 4 is 17.4 Å². The van der Waals surface area contributed by atoms with Crippen LogP contribution in [0.25, 0.3) is 0 Å². The van der Waals surface area contributed by atoms with Gasteiger partial charge in [0.15, 0.2) is 5.78 Å². The monoisotopic (exact) mass is 304 g/mol. The van der Waals surface area contributed by atoms with Crippen molar-refractivity contribution in [1.29, 1.82) is 0 Å². The topological polar surface area (TPSA) is 17.1 Å². The summed E-state index contributed by atoms with van der Waals surface area (Å²) < 4.78 is 0. The normalized spacial score (nSPS) is 47.6. The molecule has 2 heteroatoms. The van der Waals surface area contributed by atoms with E-state index < -0.39 is 0 Å². The molecule has 0 N–H and O–H groups in total. The maximum absolute atomic E-state index is 11.7. The van der Waals surface area contributed by atoms with Crippen molar-refractivity contribution in [3.8, 4) is 0 Å². The number of allylic oxidation sites excluding steroid dienone is 2. The number of ketones is 1. The van der Waals surface area contributed by atoms with E-state index in [0.717, 1.165) is 36.5 Å². The van der Waals surface area contributed by atoms with Crippen molar-refractivity contribution in [2.24, 2.45) is 29.1 Å². The molecule has 0 saturated heterocycles. The van der Waals surface area contributed by atoms with E-state index in [1.165, 1.54) is 49.7 Å². The number of rotatable bonds is 0. The molecule has 21 heavy (non-hydrogen) atoms. The van der Waals surface area contributed by atoms with Crippen LogP contribution in [0, 0.1) is 29.1 Å². The lowest BCUT2D eigenvalue weighted by molar-refractivity contribution is -0.115. The molecular formula is C19H25ClO. The molecule has 0 aliphatic heterocycles. The molecule has 0 bridgehead atoms. The Morgan fingerprint density at radius 1 is 1.14 bits per heavy atom. The van der Waals surface area contributed by atoms with Gasteiger partial charge in [0.05, 0.1) is 0 Å². The van der Waals surface area contributed by atoms with Crippen molar-refractivity contribution < 1.29 is 4.79 Å². The Hall–Kier alpha value is -0.560. The van der Waals surface area contributed by atoms with Crippen LogP contribution in [0.3, 0.4) is 0 Å². The Balaban J connectivity index is 1.64. The fraction of sp³-hybridized carbons (Fsp3) is 0.737. The lowest BCUT2D eigenvalue weighted by Crippen LogP contribution is -2.45. The van der Waals surface area contributed by atoms with E-state index in [1.54, 1.807) is 0 Å². The van der Waals surface area contributed by atoms with Crippen LogP contribution in [0.2, 0.25) is 0 Å². The molecule has 0 radical (unpaired) electrons. The summed E-state index contributed by atoms with van der Waals surface area (Å²) in [6.45, 7) is 2.46. The van der Waals surface area contributed by atoms with Crippen LogP contribution in [0.15, 0.2) is 22.8 Å². The van der Waals surface area contributed by atoms with E-state index in [2.05, 4.69) is 6.92 Å². The van der Waals surface area contributed by atoms with Gasteiger partial charge in [0.25, 0.3) is 0 Å². The average molecular weight is 305 g/mol. The molecule has 0 aromatic carbocycles. The summed E-state index contributed by atoms with van der Waals surface area (Å²) in [6.07, 6.45) is 11.6. The smallest absolute Gasteiger partial charge is 0.155 e. The summed E-state index contributed by atoms with van der Waals surface area (Å²) >= 11 is 6.11. The number of halogens is 1. The molecule has 5 atom stereocenters. The number of carbonyl (C=O) groups is 1. The third-order valence-corrected chi connectivity index (χ3v) is 7.54. The van der Waals surface area contributed by atoms with Gasteiger partial charge in [-0.25, -0.2) is 0 Å². The maximum atomic E-state index is 11.7. The molecule has 3 fully saturated rings. The van der Waals surface area contributed by atoms with Crippen LogP contribution in [0.5, 0.6) is 0 Å². The van der Waals surface area contributed by atoms with Gasteiger partial charge in [-0.1, -0.05) is 29.7 Å². The molecule has 1 nitrogen and oxygen atoms in total. The highest BCUT2D eigenvalue weighted by molar-refractivity contribution is 6.25. The molecule has 0 heterocycles. The Kier molecular flexibility index (Phi) is 3.33. The van der Waals surface area contributed by atoms with Gasteiger partial charge in [-0.05, 0) is 80.1 Å². The van der Waals surface area contributed by atoms with Crippen LogP contribution < -0.4 is 0 Å². The van der Waals surface area contributed by atoms with E-state index in [1.807, 2.05) is 11.6 Å². The number of hydrogen-bond acceptors (Lipinski definition) is 1. The minimum absolute atomic E-state index is 0.369. The zero-order chi connectivity index (χ0) is 14.6. The Morgan fingerprint density at radius 3 is 2.81 bits per heavy atom. The van der Waals surface area contributed by atoms with Crippen LogP contribution in [-0.4, -0.2) is 5.78 Å². The van der Waals surface area contributed by atoms with Gasteiger partial charge in [-0.2, -0.15) is 0 Å².